The lowest BCUT2D eigenvalue weighted by atomic mass is 10.1. The molecule has 4 heteroatoms. The standard InChI is InChI=1S/C12H15N3S/c1-7-5-8(2)12(13-9(7)3)10-6-11(16-4)15-14-10/h5-6H,1-4H3,(H,14,15). The summed E-state index contributed by atoms with van der Waals surface area (Å²) in [6.45, 7) is 6.19. The molecule has 2 aromatic heterocycles. The van der Waals surface area contributed by atoms with Crippen molar-refractivity contribution in [3.63, 3.8) is 0 Å². The third kappa shape index (κ3) is 1.97. The Balaban J connectivity index is 2.51. The predicted molar refractivity (Wildman–Crippen MR) is 67.8 cm³/mol. The minimum atomic E-state index is 0.991. The number of pyridine rings is 1. The summed E-state index contributed by atoms with van der Waals surface area (Å²) < 4.78 is 0. The van der Waals surface area contributed by atoms with Gasteiger partial charge in [-0.05, 0) is 44.2 Å². The number of thioether (sulfide) groups is 1. The van der Waals surface area contributed by atoms with Gasteiger partial charge < -0.3 is 0 Å². The number of aryl methyl sites for hydroxylation is 3. The Kier molecular flexibility index (Phi) is 3.01. The summed E-state index contributed by atoms with van der Waals surface area (Å²) in [4.78, 5) is 4.61. The first-order chi connectivity index (χ1) is 7.61. The lowest BCUT2D eigenvalue weighted by Gasteiger charge is -2.06. The van der Waals surface area contributed by atoms with Gasteiger partial charge in [-0.25, -0.2) is 0 Å². The second-order valence-corrected chi connectivity index (χ2v) is 4.71. The van der Waals surface area contributed by atoms with Crippen molar-refractivity contribution in [1.82, 2.24) is 15.2 Å². The summed E-state index contributed by atoms with van der Waals surface area (Å²) in [5.74, 6) is 0. The van der Waals surface area contributed by atoms with Crippen molar-refractivity contribution < 1.29 is 0 Å². The summed E-state index contributed by atoms with van der Waals surface area (Å²) in [5, 5.41) is 8.22. The summed E-state index contributed by atoms with van der Waals surface area (Å²) in [7, 11) is 0. The maximum Gasteiger partial charge on any atom is 0.118 e. The van der Waals surface area contributed by atoms with Gasteiger partial charge in [-0.15, -0.1) is 11.8 Å². The van der Waals surface area contributed by atoms with Gasteiger partial charge in [0, 0.05) is 5.69 Å². The van der Waals surface area contributed by atoms with Crippen LogP contribution in [-0.4, -0.2) is 21.4 Å². The van der Waals surface area contributed by atoms with Crippen molar-refractivity contribution in [3.05, 3.63) is 29.0 Å². The number of rotatable bonds is 2. The molecule has 0 unspecified atom stereocenters. The topological polar surface area (TPSA) is 41.6 Å². The van der Waals surface area contributed by atoms with E-state index in [1.165, 1.54) is 11.1 Å². The van der Waals surface area contributed by atoms with E-state index >= 15 is 0 Å². The highest BCUT2D eigenvalue weighted by Gasteiger charge is 2.09. The zero-order valence-electron chi connectivity index (χ0n) is 9.96. The van der Waals surface area contributed by atoms with Gasteiger partial charge in [0.1, 0.15) is 5.03 Å². The number of aromatic nitrogens is 3. The molecular weight excluding hydrogens is 218 g/mol. The van der Waals surface area contributed by atoms with E-state index in [1.54, 1.807) is 11.8 Å². The van der Waals surface area contributed by atoms with Crippen molar-refractivity contribution in [2.24, 2.45) is 0 Å². The van der Waals surface area contributed by atoms with E-state index in [-0.39, 0.29) is 0 Å². The van der Waals surface area contributed by atoms with Crippen LogP contribution in [0.25, 0.3) is 11.4 Å². The van der Waals surface area contributed by atoms with Crippen LogP contribution >= 0.6 is 11.8 Å². The van der Waals surface area contributed by atoms with Crippen LogP contribution in [-0.2, 0) is 0 Å². The fourth-order valence-electron chi connectivity index (χ4n) is 1.64. The van der Waals surface area contributed by atoms with Crippen molar-refractivity contribution in [2.45, 2.75) is 25.8 Å². The third-order valence-corrected chi connectivity index (χ3v) is 3.30. The SMILES string of the molecule is CSc1cc(-c2nc(C)c(C)cc2C)[nH]n1. The molecule has 0 atom stereocenters. The highest BCUT2D eigenvalue weighted by Crippen LogP contribution is 2.24. The minimum absolute atomic E-state index is 0.991. The molecule has 2 aromatic rings. The Labute approximate surface area is 99.7 Å². The first-order valence-electron chi connectivity index (χ1n) is 5.16. The van der Waals surface area contributed by atoms with Crippen molar-refractivity contribution in [3.8, 4) is 11.4 Å². The van der Waals surface area contributed by atoms with Crippen LogP contribution in [0.2, 0.25) is 0 Å². The number of hydrogen-bond acceptors (Lipinski definition) is 3. The highest BCUT2D eigenvalue weighted by atomic mass is 32.2. The molecule has 0 fully saturated rings. The largest absolute Gasteiger partial charge is 0.275 e. The molecule has 1 N–H and O–H groups in total. The molecule has 0 aliphatic heterocycles. The zero-order chi connectivity index (χ0) is 11.7. The summed E-state index contributed by atoms with van der Waals surface area (Å²) in [6, 6.07) is 4.20. The first-order valence-corrected chi connectivity index (χ1v) is 6.39. The Bertz CT molecular complexity index is 517. The second-order valence-electron chi connectivity index (χ2n) is 3.88. The van der Waals surface area contributed by atoms with E-state index in [4.69, 9.17) is 0 Å². The number of nitrogens with zero attached hydrogens (tertiary/aromatic N) is 2. The molecule has 0 saturated heterocycles. The van der Waals surface area contributed by atoms with Crippen LogP contribution in [0.1, 0.15) is 16.8 Å². The van der Waals surface area contributed by atoms with Gasteiger partial charge in [-0.2, -0.15) is 5.10 Å². The molecule has 2 rings (SSSR count). The molecule has 3 nitrogen and oxygen atoms in total. The van der Waals surface area contributed by atoms with Crippen LogP contribution in [0.3, 0.4) is 0 Å². The molecule has 16 heavy (non-hydrogen) atoms. The molecule has 0 radical (unpaired) electrons. The van der Waals surface area contributed by atoms with E-state index < -0.39 is 0 Å². The van der Waals surface area contributed by atoms with E-state index in [0.717, 1.165) is 22.1 Å². The van der Waals surface area contributed by atoms with Gasteiger partial charge in [-0.3, -0.25) is 10.1 Å². The monoisotopic (exact) mass is 233 g/mol. The average molecular weight is 233 g/mol. The van der Waals surface area contributed by atoms with Gasteiger partial charge in [0.05, 0.1) is 11.4 Å². The van der Waals surface area contributed by atoms with E-state index in [9.17, 15) is 0 Å². The molecule has 0 saturated carbocycles. The lowest BCUT2D eigenvalue weighted by Crippen LogP contribution is -1.94. The van der Waals surface area contributed by atoms with E-state index in [2.05, 4.69) is 35.1 Å². The maximum absolute atomic E-state index is 4.61. The number of H-pyrrole nitrogens is 1. The quantitative estimate of drug-likeness (QED) is 0.810. The summed E-state index contributed by atoms with van der Waals surface area (Å²) in [5.41, 5.74) is 5.46. The molecular formula is C12H15N3S. The molecule has 0 aliphatic rings. The molecule has 0 bridgehead atoms. The number of aromatic amines is 1. The Hall–Kier alpha value is -1.29. The molecule has 84 valence electrons. The number of nitrogens with one attached hydrogen (secondary N) is 1. The predicted octanol–water partition coefficient (Wildman–Crippen LogP) is 3.12. The number of hydrogen-bond donors (Lipinski definition) is 1. The van der Waals surface area contributed by atoms with E-state index in [0.29, 0.717) is 0 Å². The van der Waals surface area contributed by atoms with Crippen LogP contribution in [0.5, 0.6) is 0 Å². The van der Waals surface area contributed by atoms with Gasteiger partial charge in [0.25, 0.3) is 0 Å². The maximum atomic E-state index is 4.61. The fourth-order valence-corrected chi connectivity index (χ4v) is 2.02. The Morgan fingerprint density at radius 1 is 1.12 bits per heavy atom. The van der Waals surface area contributed by atoms with Gasteiger partial charge >= 0.3 is 0 Å². The molecule has 0 aliphatic carbocycles. The van der Waals surface area contributed by atoms with Crippen LogP contribution in [0.15, 0.2) is 17.2 Å². The fraction of sp³-hybridized carbons (Fsp3) is 0.333. The van der Waals surface area contributed by atoms with Crippen LogP contribution < -0.4 is 0 Å². The molecule has 0 spiro atoms. The lowest BCUT2D eigenvalue weighted by molar-refractivity contribution is 1.00. The molecule has 0 aromatic carbocycles. The zero-order valence-corrected chi connectivity index (χ0v) is 10.8. The van der Waals surface area contributed by atoms with Gasteiger partial charge in [-0.1, -0.05) is 6.07 Å². The van der Waals surface area contributed by atoms with Crippen molar-refractivity contribution >= 4 is 11.8 Å². The van der Waals surface area contributed by atoms with Crippen molar-refractivity contribution in [2.75, 3.05) is 6.26 Å². The molecule has 0 amide bonds. The summed E-state index contributed by atoms with van der Waals surface area (Å²) >= 11 is 1.63. The molecule has 2 heterocycles. The minimum Gasteiger partial charge on any atom is -0.275 e. The summed E-state index contributed by atoms with van der Waals surface area (Å²) in [6.07, 6.45) is 2.01. The van der Waals surface area contributed by atoms with E-state index in [1.807, 2.05) is 19.2 Å². The third-order valence-electron chi connectivity index (χ3n) is 2.68. The van der Waals surface area contributed by atoms with Crippen LogP contribution in [0.4, 0.5) is 0 Å². The van der Waals surface area contributed by atoms with Gasteiger partial charge in [0.2, 0.25) is 0 Å². The normalized spacial score (nSPS) is 10.8. The first kappa shape index (κ1) is 11.2. The van der Waals surface area contributed by atoms with Crippen molar-refractivity contribution in [1.29, 1.82) is 0 Å². The Morgan fingerprint density at radius 2 is 1.88 bits per heavy atom. The van der Waals surface area contributed by atoms with Crippen LogP contribution in [0, 0.1) is 20.8 Å². The second kappa shape index (κ2) is 4.29. The Morgan fingerprint density at radius 3 is 2.50 bits per heavy atom. The highest BCUT2D eigenvalue weighted by molar-refractivity contribution is 7.98. The average Bonchev–Trinajstić information content (AvgIpc) is 2.71. The smallest absolute Gasteiger partial charge is 0.118 e. The van der Waals surface area contributed by atoms with Gasteiger partial charge in [0.15, 0.2) is 0 Å².